The lowest BCUT2D eigenvalue weighted by Crippen LogP contribution is -2.26. The zero-order chi connectivity index (χ0) is 23.5. The van der Waals surface area contributed by atoms with Crippen LogP contribution in [0.2, 0.25) is 0 Å². The number of hydrogen-bond donors (Lipinski definition) is 2. The van der Waals surface area contributed by atoms with Crippen LogP contribution in [0.4, 0.5) is 0 Å². The summed E-state index contributed by atoms with van der Waals surface area (Å²) in [5.74, 6) is -0.377. The second-order valence-electron chi connectivity index (χ2n) is 7.75. The molecule has 33 heavy (non-hydrogen) atoms. The number of nitrogens with zero attached hydrogens (tertiary/aromatic N) is 2. The molecule has 0 bridgehead atoms. The summed E-state index contributed by atoms with van der Waals surface area (Å²) in [6.07, 6.45) is 4.30. The van der Waals surface area contributed by atoms with Gasteiger partial charge in [0.15, 0.2) is 0 Å². The van der Waals surface area contributed by atoms with E-state index in [4.69, 9.17) is 0 Å². The van der Waals surface area contributed by atoms with Gasteiger partial charge in [0.2, 0.25) is 0 Å². The molecule has 0 aliphatic heterocycles. The highest BCUT2D eigenvalue weighted by Gasteiger charge is 2.18. The number of aromatic nitrogens is 2. The standard InChI is InChI=1S/C26H22Br2N4O/c1-16-23(25(28)17(2)32(16)21-9-7-20(27)8-10-21)13-19(14-29)26(33)30-12-11-18-15-31-24-6-4-3-5-22(18)24/h3-10,13,15,31H,11-12H2,1-2H3,(H,30,33)/b19-13-. The van der Waals surface area contributed by atoms with Gasteiger partial charge in [0.05, 0.1) is 0 Å². The van der Waals surface area contributed by atoms with E-state index >= 15 is 0 Å². The molecule has 0 saturated heterocycles. The Morgan fingerprint density at radius 2 is 1.85 bits per heavy atom. The first-order chi connectivity index (χ1) is 15.9. The van der Waals surface area contributed by atoms with Gasteiger partial charge in [-0.25, -0.2) is 0 Å². The van der Waals surface area contributed by atoms with Gasteiger partial charge < -0.3 is 14.9 Å². The molecule has 0 saturated carbocycles. The van der Waals surface area contributed by atoms with Gasteiger partial charge in [-0.05, 0) is 78.2 Å². The van der Waals surface area contributed by atoms with Crippen LogP contribution in [0.1, 0.15) is 22.5 Å². The number of carbonyl (C=O) groups excluding carboxylic acids is 1. The maximum atomic E-state index is 12.8. The van der Waals surface area contributed by atoms with Crippen molar-refractivity contribution >= 4 is 54.7 Å². The van der Waals surface area contributed by atoms with Crippen LogP contribution in [0.3, 0.4) is 0 Å². The van der Waals surface area contributed by atoms with Crippen molar-refractivity contribution in [3.63, 3.8) is 0 Å². The fourth-order valence-electron chi connectivity index (χ4n) is 4.01. The SMILES string of the molecule is Cc1c(Br)c(/C=C(/C#N)C(=O)NCCc2c[nH]c3ccccc23)c(C)n1-c1ccc(Br)cc1. The Morgan fingerprint density at radius 1 is 1.12 bits per heavy atom. The average molecular weight is 566 g/mol. The quantitative estimate of drug-likeness (QED) is 0.211. The van der Waals surface area contributed by atoms with E-state index in [2.05, 4.69) is 58.9 Å². The third-order valence-corrected chi connectivity index (χ3v) is 7.24. The second kappa shape index (κ2) is 9.82. The predicted octanol–water partition coefficient (Wildman–Crippen LogP) is 6.37. The summed E-state index contributed by atoms with van der Waals surface area (Å²) in [5.41, 5.74) is 6.05. The highest BCUT2D eigenvalue weighted by Crippen LogP contribution is 2.32. The van der Waals surface area contributed by atoms with Gasteiger partial charge in [0, 0.05) is 55.2 Å². The topological polar surface area (TPSA) is 73.6 Å². The summed E-state index contributed by atoms with van der Waals surface area (Å²) in [6.45, 7) is 4.43. The van der Waals surface area contributed by atoms with E-state index in [1.165, 1.54) is 0 Å². The molecule has 4 rings (SSSR count). The predicted molar refractivity (Wildman–Crippen MR) is 139 cm³/mol. The Kier molecular flexibility index (Phi) is 6.87. The van der Waals surface area contributed by atoms with Crippen molar-refractivity contribution in [3.05, 3.63) is 91.8 Å². The molecule has 0 aliphatic carbocycles. The fourth-order valence-corrected chi connectivity index (χ4v) is 4.85. The molecule has 5 nitrogen and oxygen atoms in total. The molecule has 2 N–H and O–H groups in total. The number of aromatic amines is 1. The number of carbonyl (C=O) groups is 1. The van der Waals surface area contributed by atoms with Gasteiger partial charge in [0.25, 0.3) is 5.91 Å². The number of halogens is 2. The number of amides is 1. The van der Waals surface area contributed by atoms with Crippen molar-refractivity contribution < 1.29 is 4.79 Å². The maximum absolute atomic E-state index is 12.8. The summed E-state index contributed by atoms with van der Waals surface area (Å²) >= 11 is 7.12. The summed E-state index contributed by atoms with van der Waals surface area (Å²) in [4.78, 5) is 16.0. The fraction of sp³-hybridized carbons (Fsp3) is 0.154. The van der Waals surface area contributed by atoms with Crippen molar-refractivity contribution in [3.8, 4) is 11.8 Å². The molecular weight excluding hydrogens is 544 g/mol. The summed E-state index contributed by atoms with van der Waals surface area (Å²) < 4.78 is 3.97. The van der Waals surface area contributed by atoms with Crippen LogP contribution in [0.25, 0.3) is 22.7 Å². The molecule has 4 aromatic rings. The third-order valence-electron chi connectivity index (χ3n) is 5.71. The molecule has 0 fully saturated rings. The minimum Gasteiger partial charge on any atom is -0.361 e. The highest BCUT2D eigenvalue weighted by atomic mass is 79.9. The number of para-hydroxylation sites is 1. The zero-order valence-corrected chi connectivity index (χ0v) is 21.4. The van der Waals surface area contributed by atoms with Crippen LogP contribution < -0.4 is 5.32 Å². The minimum absolute atomic E-state index is 0.0747. The van der Waals surface area contributed by atoms with Crippen LogP contribution in [0.15, 0.2) is 69.2 Å². The van der Waals surface area contributed by atoms with Crippen LogP contribution in [0, 0.1) is 25.2 Å². The smallest absolute Gasteiger partial charge is 0.261 e. The van der Waals surface area contributed by atoms with E-state index in [1.807, 2.05) is 62.5 Å². The number of benzene rings is 2. The molecule has 0 radical (unpaired) electrons. The van der Waals surface area contributed by atoms with Gasteiger partial charge in [0.1, 0.15) is 11.6 Å². The average Bonchev–Trinajstić information content (AvgIpc) is 3.32. The molecule has 0 unspecified atom stereocenters. The van der Waals surface area contributed by atoms with E-state index in [-0.39, 0.29) is 11.5 Å². The molecule has 0 spiro atoms. The number of fused-ring (bicyclic) bond motifs is 1. The lowest BCUT2D eigenvalue weighted by molar-refractivity contribution is -0.117. The zero-order valence-electron chi connectivity index (χ0n) is 18.2. The van der Waals surface area contributed by atoms with E-state index in [9.17, 15) is 10.1 Å². The Balaban J connectivity index is 1.53. The van der Waals surface area contributed by atoms with E-state index in [0.717, 1.165) is 48.1 Å². The van der Waals surface area contributed by atoms with Gasteiger partial charge in [-0.1, -0.05) is 34.1 Å². The Bertz CT molecular complexity index is 1400. The lowest BCUT2D eigenvalue weighted by Gasteiger charge is -2.09. The summed E-state index contributed by atoms with van der Waals surface area (Å²) in [6, 6.07) is 18.1. The van der Waals surface area contributed by atoms with Gasteiger partial charge in [-0.3, -0.25) is 4.79 Å². The molecule has 0 atom stereocenters. The number of nitrogens with one attached hydrogen (secondary N) is 2. The Labute approximate surface area is 209 Å². The lowest BCUT2D eigenvalue weighted by atomic mass is 10.1. The first kappa shape index (κ1) is 23.1. The van der Waals surface area contributed by atoms with Crippen LogP contribution in [-0.2, 0) is 11.2 Å². The van der Waals surface area contributed by atoms with Crippen LogP contribution >= 0.6 is 31.9 Å². The number of nitriles is 1. The molecule has 2 heterocycles. The normalized spacial score (nSPS) is 11.5. The van der Waals surface area contributed by atoms with Gasteiger partial charge in [-0.15, -0.1) is 0 Å². The van der Waals surface area contributed by atoms with Crippen molar-refractivity contribution in [1.82, 2.24) is 14.9 Å². The first-order valence-corrected chi connectivity index (χ1v) is 12.1. The summed E-state index contributed by atoms with van der Waals surface area (Å²) in [7, 11) is 0. The second-order valence-corrected chi connectivity index (χ2v) is 9.45. The van der Waals surface area contributed by atoms with Gasteiger partial charge >= 0.3 is 0 Å². The molecule has 7 heteroatoms. The molecular formula is C26H22Br2N4O. The third kappa shape index (κ3) is 4.68. The number of rotatable bonds is 6. The van der Waals surface area contributed by atoms with Crippen molar-refractivity contribution in [2.75, 3.05) is 6.54 Å². The van der Waals surface area contributed by atoms with Crippen molar-refractivity contribution in [1.29, 1.82) is 5.26 Å². The van der Waals surface area contributed by atoms with E-state index in [0.29, 0.717) is 13.0 Å². The van der Waals surface area contributed by atoms with Crippen LogP contribution in [-0.4, -0.2) is 22.0 Å². The largest absolute Gasteiger partial charge is 0.361 e. The molecule has 0 aliphatic rings. The van der Waals surface area contributed by atoms with E-state index in [1.54, 1.807) is 6.08 Å². The van der Waals surface area contributed by atoms with Crippen molar-refractivity contribution in [2.45, 2.75) is 20.3 Å². The molecule has 1 amide bonds. The highest BCUT2D eigenvalue weighted by molar-refractivity contribution is 9.10. The number of H-pyrrole nitrogens is 1. The van der Waals surface area contributed by atoms with E-state index < -0.39 is 0 Å². The maximum Gasteiger partial charge on any atom is 0.261 e. The summed E-state index contributed by atoms with van der Waals surface area (Å²) in [5, 5.41) is 13.7. The monoisotopic (exact) mass is 564 g/mol. The first-order valence-electron chi connectivity index (χ1n) is 10.5. The Hall–Kier alpha value is -3.08. The molecule has 2 aromatic heterocycles. The molecule has 166 valence electrons. The Morgan fingerprint density at radius 3 is 2.58 bits per heavy atom. The van der Waals surface area contributed by atoms with Gasteiger partial charge in [-0.2, -0.15) is 5.26 Å². The van der Waals surface area contributed by atoms with Crippen molar-refractivity contribution in [2.24, 2.45) is 0 Å². The minimum atomic E-state index is -0.377. The molecule has 2 aromatic carbocycles. The van der Waals surface area contributed by atoms with Crippen LogP contribution in [0.5, 0.6) is 0 Å². The number of hydrogen-bond acceptors (Lipinski definition) is 2.